The van der Waals surface area contributed by atoms with E-state index in [1.165, 1.54) is 94.1 Å². The quantitative estimate of drug-likeness (QED) is 0.292. The van der Waals surface area contributed by atoms with Crippen LogP contribution in [0.2, 0.25) is 0 Å². The van der Waals surface area contributed by atoms with Gasteiger partial charge in [0.15, 0.2) is 0 Å². The highest BCUT2D eigenvalue weighted by Crippen LogP contribution is 2.19. The number of hydrogen-bond acceptors (Lipinski definition) is 2. The molecule has 2 saturated heterocycles. The van der Waals surface area contributed by atoms with Crippen LogP contribution in [-0.2, 0) is 0 Å². The summed E-state index contributed by atoms with van der Waals surface area (Å²) in [5.41, 5.74) is 2.76. The minimum Gasteiger partial charge on any atom is -1.00 e. The smallest absolute Gasteiger partial charge is 0.0964 e. The summed E-state index contributed by atoms with van der Waals surface area (Å²) < 4.78 is 2.45. The number of likely N-dealkylation sites (N-methyl/N-ethyl adjacent to an activating group) is 2. The first kappa shape index (κ1) is 31.4. The van der Waals surface area contributed by atoms with Crippen molar-refractivity contribution >= 4 is 11.4 Å². The third-order valence-electron chi connectivity index (χ3n) is 7.66. The average molecular weight is 693 g/mol. The van der Waals surface area contributed by atoms with Gasteiger partial charge in [-0.1, -0.05) is 36.4 Å². The molecule has 0 N–H and O–H groups in total. The molecular formula is C28H46I2N4. The van der Waals surface area contributed by atoms with E-state index in [1.807, 2.05) is 0 Å². The molecule has 2 aliphatic heterocycles. The Kier molecular flexibility index (Phi) is 14.4. The first-order chi connectivity index (χ1) is 15.5. The highest BCUT2D eigenvalue weighted by Gasteiger charge is 2.27. The van der Waals surface area contributed by atoms with E-state index in [2.05, 4.69) is 98.4 Å². The molecule has 0 amide bonds. The standard InChI is InChI=1S/C15H25N2.C13H21N2.2HI/c1-3-17(4-2)13-8-11-16(12-14-17)15-9-6-5-7-10-15;1-15(2)11-6-9-14(10-12-15)13-7-4-3-5-8-13;;/h5-7,9-10H,3-4,8,11-14H2,1-2H3;3-5,7-8H,6,9-12H2,1-2H3;2*1H/q2*+1;;/p-2. The van der Waals surface area contributed by atoms with Crippen molar-refractivity contribution in [3.05, 3.63) is 60.7 Å². The van der Waals surface area contributed by atoms with Gasteiger partial charge in [0, 0.05) is 37.3 Å². The van der Waals surface area contributed by atoms with Crippen LogP contribution in [0.25, 0.3) is 0 Å². The molecule has 6 heteroatoms. The van der Waals surface area contributed by atoms with Crippen LogP contribution in [0.15, 0.2) is 60.7 Å². The summed E-state index contributed by atoms with van der Waals surface area (Å²) in [4.78, 5) is 5.05. The second-order valence-corrected chi connectivity index (χ2v) is 10.2. The Labute approximate surface area is 243 Å². The van der Waals surface area contributed by atoms with Crippen molar-refractivity contribution in [3.63, 3.8) is 0 Å². The molecule has 2 aromatic rings. The third kappa shape index (κ3) is 9.47. The molecule has 2 heterocycles. The number of halogens is 2. The van der Waals surface area contributed by atoms with Crippen LogP contribution in [0.3, 0.4) is 0 Å². The third-order valence-corrected chi connectivity index (χ3v) is 7.66. The molecule has 4 nitrogen and oxygen atoms in total. The molecule has 34 heavy (non-hydrogen) atoms. The van der Waals surface area contributed by atoms with Gasteiger partial charge in [-0.2, -0.15) is 0 Å². The van der Waals surface area contributed by atoms with E-state index in [4.69, 9.17) is 0 Å². The molecule has 0 atom stereocenters. The Morgan fingerprint density at radius 2 is 1.03 bits per heavy atom. The van der Waals surface area contributed by atoms with Crippen molar-refractivity contribution < 1.29 is 56.9 Å². The van der Waals surface area contributed by atoms with E-state index in [9.17, 15) is 0 Å². The zero-order valence-electron chi connectivity index (χ0n) is 21.8. The summed E-state index contributed by atoms with van der Waals surface area (Å²) >= 11 is 0. The number of quaternary nitrogens is 2. The summed E-state index contributed by atoms with van der Waals surface area (Å²) in [7, 11) is 4.66. The van der Waals surface area contributed by atoms with Crippen LogP contribution >= 0.6 is 0 Å². The number of benzene rings is 2. The van der Waals surface area contributed by atoms with Crippen molar-refractivity contribution in [3.8, 4) is 0 Å². The summed E-state index contributed by atoms with van der Waals surface area (Å²) in [6.07, 6.45) is 2.61. The molecular weight excluding hydrogens is 646 g/mol. The predicted molar refractivity (Wildman–Crippen MR) is 139 cm³/mol. The van der Waals surface area contributed by atoms with Crippen molar-refractivity contribution in [1.29, 1.82) is 0 Å². The van der Waals surface area contributed by atoms with Crippen LogP contribution in [-0.4, -0.2) is 88.5 Å². The molecule has 0 aromatic heterocycles. The van der Waals surface area contributed by atoms with Crippen LogP contribution in [0.5, 0.6) is 0 Å². The highest BCUT2D eigenvalue weighted by atomic mass is 127. The van der Waals surface area contributed by atoms with E-state index in [1.54, 1.807) is 0 Å². The van der Waals surface area contributed by atoms with Gasteiger partial charge >= 0.3 is 0 Å². The highest BCUT2D eigenvalue weighted by molar-refractivity contribution is 5.46. The van der Waals surface area contributed by atoms with Gasteiger partial charge in [-0.3, -0.25) is 0 Å². The summed E-state index contributed by atoms with van der Waals surface area (Å²) in [6, 6.07) is 21.6. The van der Waals surface area contributed by atoms with Crippen molar-refractivity contribution in [2.75, 3.05) is 89.3 Å². The van der Waals surface area contributed by atoms with E-state index in [0.717, 1.165) is 4.48 Å². The molecule has 192 valence electrons. The Balaban J connectivity index is 0.000000323. The largest absolute Gasteiger partial charge is 1.00 e. The second-order valence-electron chi connectivity index (χ2n) is 10.2. The van der Waals surface area contributed by atoms with E-state index in [-0.39, 0.29) is 48.0 Å². The monoisotopic (exact) mass is 692 g/mol. The number of hydrogen-bond donors (Lipinski definition) is 0. The molecule has 0 unspecified atom stereocenters. The second kappa shape index (κ2) is 15.5. The van der Waals surface area contributed by atoms with Crippen molar-refractivity contribution in [2.24, 2.45) is 0 Å². The molecule has 2 fully saturated rings. The Morgan fingerprint density at radius 1 is 0.588 bits per heavy atom. The fraction of sp³-hybridized carbons (Fsp3) is 0.571. The maximum absolute atomic E-state index is 2.55. The fourth-order valence-corrected chi connectivity index (χ4v) is 5.11. The normalized spacial score (nSPS) is 19.3. The Bertz CT molecular complexity index is 782. The number of rotatable bonds is 4. The zero-order valence-corrected chi connectivity index (χ0v) is 26.1. The van der Waals surface area contributed by atoms with Gasteiger partial charge in [-0.15, -0.1) is 0 Å². The Hall–Kier alpha value is -0.580. The van der Waals surface area contributed by atoms with Gasteiger partial charge in [0.1, 0.15) is 0 Å². The maximum atomic E-state index is 2.55. The molecule has 2 aromatic carbocycles. The van der Waals surface area contributed by atoms with E-state index >= 15 is 0 Å². The van der Waals surface area contributed by atoms with Crippen molar-refractivity contribution in [1.82, 2.24) is 0 Å². The Morgan fingerprint density at radius 3 is 1.50 bits per heavy atom. The van der Waals surface area contributed by atoms with Gasteiger partial charge in [0.2, 0.25) is 0 Å². The van der Waals surface area contributed by atoms with Gasteiger partial charge in [0.25, 0.3) is 0 Å². The van der Waals surface area contributed by atoms with E-state index < -0.39 is 0 Å². The lowest BCUT2D eigenvalue weighted by Gasteiger charge is -2.35. The minimum atomic E-state index is 0. The SMILES string of the molecule is CC[N+]1(CC)CCCN(c2ccccc2)CC1.C[N+]1(C)CCCN(c2ccccc2)CC1.[I-].[I-]. The fourth-order valence-electron chi connectivity index (χ4n) is 5.11. The average Bonchev–Trinajstić information content (AvgIpc) is 3.16. The number of anilines is 2. The predicted octanol–water partition coefficient (Wildman–Crippen LogP) is -1.27. The first-order valence-corrected chi connectivity index (χ1v) is 12.7. The molecule has 0 saturated carbocycles. The van der Waals surface area contributed by atoms with Crippen LogP contribution < -0.4 is 57.8 Å². The van der Waals surface area contributed by atoms with Gasteiger partial charge in [-0.25, -0.2) is 0 Å². The topological polar surface area (TPSA) is 6.48 Å². The summed E-state index contributed by atoms with van der Waals surface area (Å²) in [5, 5.41) is 0. The molecule has 0 aliphatic carbocycles. The van der Waals surface area contributed by atoms with E-state index in [0.29, 0.717) is 0 Å². The maximum Gasteiger partial charge on any atom is 0.0964 e. The summed E-state index contributed by atoms with van der Waals surface area (Å²) in [5.74, 6) is 0. The molecule has 2 aliphatic rings. The number of nitrogens with zero attached hydrogens (tertiary/aromatic N) is 4. The minimum absolute atomic E-state index is 0. The lowest BCUT2D eigenvalue weighted by Crippen LogP contribution is -3.00. The van der Waals surface area contributed by atoms with Gasteiger partial charge in [-0.05, 0) is 38.1 Å². The lowest BCUT2D eigenvalue weighted by atomic mass is 10.3. The summed E-state index contributed by atoms with van der Waals surface area (Å²) in [6.45, 7) is 17.2. The van der Waals surface area contributed by atoms with Crippen LogP contribution in [0.4, 0.5) is 11.4 Å². The van der Waals surface area contributed by atoms with Crippen LogP contribution in [0.1, 0.15) is 26.7 Å². The molecule has 0 spiro atoms. The lowest BCUT2D eigenvalue weighted by molar-refractivity contribution is -0.922. The molecule has 0 radical (unpaired) electrons. The molecule has 4 rings (SSSR count). The zero-order chi connectivity index (χ0) is 22.9. The van der Waals surface area contributed by atoms with Gasteiger partial charge < -0.3 is 66.7 Å². The van der Waals surface area contributed by atoms with Gasteiger partial charge in [0.05, 0.1) is 66.5 Å². The molecule has 0 bridgehead atoms. The van der Waals surface area contributed by atoms with Crippen LogP contribution in [0, 0.1) is 0 Å². The van der Waals surface area contributed by atoms with Crippen molar-refractivity contribution in [2.45, 2.75) is 26.7 Å². The number of para-hydroxylation sites is 2. The first-order valence-electron chi connectivity index (χ1n) is 12.7.